The van der Waals surface area contributed by atoms with Crippen LogP contribution in [0.2, 0.25) is 0 Å². The van der Waals surface area contributed by atoms with Crippen LogP contribution in [0.25, 0.3) is 0 Å². The van der Waals surface area contributed by atoms with Gasteiger partial charge in [-0.3, -0.25) is 10.1 Å². The van der Waals surface area contributed by atoms with Crippen LogP contribution in [0.1, 0.15) is 13.8 Å². The van der Waals surface area contributed by atoms with Gasteiger partial charge in [0.1, 0.15) is 12.4 Å². The summed E-state index contributed by atoms with van der Waals surface area (Å²) in [6, 6.07) is 0. The van der Waals surface area contributed by atoms with Crippen LogP contribution in [-0.4, -0.2) is 30.9 Å². The predicted molar refractivity (Wildman–Crippen MR) is 56.4 cm³/mol. The molecule has 1 aliphatic heterocycles. The molecule has 1 aliphatic rings. The molecule has 92 valence electrons. The second kappa shape index (κ2) is 5.95. The SMILES string of the molecule is CCOC(=O)C1=C[NH2+]C=C(C(=O)OCC)C1=O. The van der Waals surface area contributed by atoms with Crippen molar-refractivity contribution in [3.8, 4) is 0 Å². The number of carbonyl (C=O) groups excluding carboxylic acids is 3. The number of carbonyl (C=O) groups is 3. The van der Waals surface area contributed by atoms with Crippen molar-refractivity contribution in [3.63, 3.8) is 0 Å². The van der Waals surface area contributed by atoms with Gasteiger partial charge in [-0.15, -0.1) is 0 Å². The minimum Gasteiger partial charge on any atom is -0.462 e. The number of Topliss-reactive ketones (excluding diaryl/α,β-unsaturated/α-hetero) is 1. The molecule has 0 aromatic heterocycles. The van der Waals surface area contributed by atoms with Crippen LogP contribution >= 0.6 is 0 Å². The Kier molecular flexibility index (Phi) is 4.59. The summed E-state index contributed by atoms with van der Waals surface area (Å²) in [7, 11) is 0. The lowest BCUT2D eigenvalue weighted by Crippen LogP contribution is -2.73. The fraction of sp³-hybridized carbons (Fsp3) is 0.364. The molecule has 1 rings (SSSR count). The molecular formula is C11H14NO5+. The maximum Gasteiger partial charge on any atom is 0.347 e. The molecule has 0 spiro atoms. The molecule has 0 unspecified atom stereocenters. The zero-order valence-electron chi connectivity index (χ0n) is 9.69. The molecule has 0 saturated carbocycles. The highest BCUT2D eigenvalue weighted by Gasteiger charge is 2.32. The van der Waals surface area contributed by atoms with Gasteiger partial charge in [0.25, 0.3) is 0 Å². The Balaban J connectivity index is 2.82. The summed E-state index contributed by atoms with van der Waals surface area (Å²) >= 11 is 0. The lowest BCUT2D eigenvalue weighted by molar-refractivity contribution is -0.515. The fourth-order valence-corrected chi connectivity index (χ4v) is 1.28. The first-order chi connectivity index (χ1) is 8.11. The number of ether oxygens (including phenoxy) is 2. The van der Waals surface area contributed by atoms with Gasteiger partial charge >= 0.3 is 11.9 Å². The quantitative estimate of drug-likeness (QED) is 0.504. The summed E-state index contributed by atoms with van der Waals surface area (Å²) in [4.78, 5) is 34.6. The van der Waals surface area contributed by atoms with E-state index >= 15 is 0 Å². The minimum absolute atomic E-state index is 0.155. The normalized spacial score (nSPS) is 14.8. The number of rotatable bonds is 4. The molecule has 2 N–H and O–H groups in total. The van der Waals surface area contributed by atoms with Crippen molar-refractivity contribution in [2.75, 3.05) is 13.2 Å². The Morgan fingerprint density at radius 2 is 1.47 bits per heavy atom. The molecule has 0 bridgehead atoms. The van der Waals surface area contributed by atoms with E-state index in [9.17, 15) is 14.4 Å². The second-order valence-electron chi connectivity index (χ2n) is 3.12. The van der Waals surface area contributed by atoms with Gasteiger partial charge in [0.2, 0.25) is 5.78 Å². The summed E-state index contributed by atoms with van der Waals surface area (Å²) in [5.41, 5.74) is -0.310. The summed E-state index contributed by atoms with van der Waals surface area (Å²) in [6.07, 6.45) is 2.64. The molecular weight excluding hydrogens is 226 g/mol. The molecule has 0 aliphatic carbocycles. The largest absolute Gasteiger partial charge is 0.462 e. The van der Waals surface area contributed by atoms with Crippen LogP contribution in [0, 0.1) is 0 Å². The maximum absolute atomic E-state index is 11.8. The van der Waals surface area contributed by atoms with Gasteiger partial charge < -0.3 is 9.47 Å². The van der Waals surface area contributed by atoms with E-state index in [2.05, 4.69) is 0 Å². The molecule has 0 aromatic carbocycles. The minimum atomic E-state index is -0.733. The smallest absolute Gasteiger partial charge is 0.347 e. The van der Waals surface area contributed by atoms with E-state index in [1.807, 2.05) is 0 Å². The van der Waals surface area contributed by atoms with Crippen LogP contribution in [0.3, 0.4) is 0 Å². The number of quaternary nitrogens is 1. The Morgan fingerprint density at radius 3 is 1.82 bits per heavy atom. The first kappa shape index (κ1) is 13.1. The van der Waals surface area contributed by atoms with Crippen molar-refractivity contribution in [1.82, 2.24) is 0 Å². The average molecular weight is 240 g/mol. The van der Waals surface area contributed by atoms with Gasteiger partial charge in [0.15, 0.2) is 11.1 Å². The third kappa shape index (κ3) is 3.01. The maximum atomic E-state index is 11.8. The number of nitrogens with two attached hydrogens (primary N) is 1. The number of ketones is 1. The van der Waals surface area contributed by atoms with E-state index in [-0.39, 0.29) is 24.4 Å². The van der Waals surface area contributed by atoms with Gasteiger partial charge in [-0.1, -0.05) is 0 Å². The van der Waals surface area contributed by atoms with Gasteiger partial charge in [0.05, 0.1) is 13.2 Å². The second-order valence-corrected chi connectivity index (χ2v) is 3.12. The van der Waals surface area contributed by atoms with Gasteiger partial charge in [0, 0.05) is 0 Å². The molecule has 6 nitrogen and oxygen atoms in total. The zero-order chi connectivity index (χ0) is 12.8. The molecule has 0 aromatic rings. The molecule has 0 atom stereocenters. The first-order valence-electron chi connectivity index (χ1n) is 5.26. The van der Waals surface area contributed by atoms with Crippen LogP contribution in [0.5, 0.6) is 0 Å². The number of hydrogen-bond donors (Lipinski definition) is 1. The summed E-state index contributed by atoms with van der Waals surface area (Å²) < 4.78 is 9.42. The highest BCUT2D eigenvalue weighted by molar-refractivity contribution is 6.32. The van der Waals surface area contributed by atoms with E-state index < -0.39 is 17.7 Å². The summed E-state index contributed by atoms with van der Waals surface area (Å²) in [6.45, 7) is 3.61. The fourth-order valence-electron chi connectivity index (χ4n) is 1.28. The topological polar surface area (TPSA) is 86.3 Å². The molecule has 0 amide bonds. The van der Waals surface area contributed by atoms with Gasteiger partial charge in [-0.05, 0) is 13.8 Å². The zero-order valence-corrected chi connectivity index (χ0v) is 9.69. The monoisotopic (exact) mass is 240 g/mol. The van der Waals surface area contributed by atoms with E-state index in [4.69, 9.17) is 9.47 Å². The van der Waals surface area contributed by atoms with E-state index in [0.29, 0.717) is 0 Å². The van der Waals surface area contributed by atoms with Crippen molar-refractivity contribution in [3.05, 3.63) is 23.5 Å². The van der Waals surface area contributed by atoms with Gasteiger partial charge in [-0.25, -0.2) is 9.59 Å². The summed E-state index contributed by atoms with van der Waals surface area (Å²) in [5, 5.41) is 1.44. The molecule has 0 saturated heterocycles. The Bertz CT molecular complexity index is 372. The van der Waals surface area contributed by atoms with Gasteiger partial charge in [-0.2, -0.15) is 0 Å². The molecule has 6 heteroatoms. The van der Waals surface area contributed by atoms with Crippen molar-refractivity contribution < 1.29 is 29.2 Å². The van der Waals surface area contributed by atoms with E-state index in [1.54, 1.807) is 13.8 Å². The summed E-state index contributed by atoms with van der Waals surface area (Å²) in [5.74, 6) is -2.13. The average Bonchev–Trinajstić information content (AvgIpc) is 2.29. The third-order valence-electron chi connectivity index (χ3n) is 2.01. The highest BCUT2D eigenvalue weighted by atomic mass is 16.5. The Hall–Kier alpha value is -1.95. The molecule has 1 heterocycles. The standard InChI is InChI=1S/C11H13NO5/c1-3-16-10(14)7-5-12-6-8(9(7)13)11(15)17-4-2/h5-6H,3-4H2,1-2H3,(H,12,13)/p+1. The molecule has 0 fully saturated rings. The van der Waals surface area contributed by atoms with E-state index in [1.165, 1.54) is 17.7 Å². The Labute approximate surface area is 98.3 Å². The van der Waals surface area contributed by atoms with Crippen LogP contribution in [0.4, 0.5) is 0 Å². The van der Waals surface area contributed by atoms with Crippen LogP contribution < -0.4 is 5.32 Å². The van der Waals surface area contributed by atoms with Crippen LogP contribution in [-0.2, 0) is 23.9 Å². The Morgan fingerprint density at radius 1 is 1.06 bits per heavy atom. The van der Waals surface area contributed by atoms with Crippen molar-refractivity contribution in [2.45, 2.75) is 13.8 Å². The lowest BCUT2D eigenvalue weighted by atomic mass is 10.0. The third-order valence-corrected chi connectivity index (χ3v) is 2.01. The van der Waals surface area contributed by atoms with Crippen LogP contribution in [0.15, 0.2) is 23.5 Å². The van der Waals surface area contributed by atoms with E-state index in [0.717, 1.165) is 0 Å². The molecule has 0 radical (unpaired) electrons. The predicted octanol–water partition coefficient (Wildman–Crippen LogP) is -0.973. The lowest BCUT2D eigenvalue weighted by Gasteiger charge is -2.09. The molecule has 17 heavy (non-hydrogen) atoms. The number of esters is 2. The number of hydrogen-bond acceptors (Lipinski definition) is 5. The van der Waals surface area contributed by atoms with Crippen molar-refractivity contribution in [1.29, 1.82) is 0 Å². The van der Waals surface area contributed by atoms with Crippen molar-refractivity contribution in [2.24, 2.45) is 0 Å². The van der Waals surface area contributed by atoms with Crippen molar-refractivity contribution >= 4 is 17.7 Å². The first-order valence-corrected chi connectivity index (χ1v) is 5.26. The highest BCUT2D eigenvalue weighted by Crippen LogP contribution is 2.10.